The predicted molar refractivity (Wildman–Crippen MR) is 89.4 cm³/mol. The average molecular weight is 296 g/mol. The van der Waals surface area contributed by atoms with E-state index in [2.05, 4.69) is 41.1 Å². The molecule has 3 heteroatoms. The first-order valence-electron chi connectivity index (χ1n) is 7.78. The lowest BCUT2D eigenvalue weighted by molar-refractivity contribution is 0.284. The highest BCUT2D eigenvalue weighted by molar-refractivity contribution is 5.83. The maximum Gasteiger partial charge on any atom is 0.123 e. The maximum atomic E-state index is 13.4. The van der Waals surface area contributed by atoms with E-state index in [0.29, 0.717) is 0 Å². The summed E-state index contributed by atoms with van der Waals surface area (Å²) in [6, 6.07) is 15.4. The van der Waals surface area contributed by atoms with E-state index in [1.54, 1.807) is 12.1 Å². The van der Waals surface area contributed by atoms with Gasteiger partial charge in [0, 0.05) is 30.2 Å². The van der Waals surface area contributed by atoms with E-state index in [-0.39, 0.29) is 5.82 Å². The van der Waals surface area contributed by atoms with Crippen LogP contribution in [0.5, 0.6) is 0 Å². The van der Waals surface area contributed by atoms with Crippen LogP contribution in [0, 0.1) is 5.82 Å². The van der Waals surface area contributed by atoms with Gasteiger partial charge in [0.15, 0.2) is 0 Å². The predicted octanol–water partition coefficient (Wildman–Crippen LogP) is 4.37. The van der Waals surface area contributed by atoms with Crippen molar-refractivity contribution in [3.05, 3.63) is 71.7 Å². The lowest BCUT2D eigenvalue weighted by Gasteiger charge is -2.20. The monoisotopic (exact) mass is 296 g/mol. The number of aromatic nitrogens is 1. The Hall–Kier alpha value is -2.13. The van der Waals surface area contributed by atoms with Gasteiger partial charge in [-0.05, 0) is 42.3 Å². The van der Waals surface area contributed by atoms with Gasteiger partial charge in [-0.25, -0.2) is 4.39 Å². The van der Waals surface area contributed by atoms with Gasteiger partial charge in [0.05, 0.1) is 0 Å². The van der Waals surface area contributed by atoms with Gasteiger partial charge in [0.1, 0.15) is 5.82 Å². The molecule has 0 aliphatic carbocycles. The third-order valence-electron chi connectivity index (χ3n) is 4.12. The Morgan fingerprint density at radius 3 is 2.68 bits per heavy atom. The number of aromatic amines is 1. The van der Waals surface area contributed by atoms with E-state index in [0.717, 1.165) is 37.0 Å². The van der Waals surface area contributed by atoms with Crippen LogP contribution in [0.25, 0.3) is 10.9 Å². The molecule has 0 aliphatic rings. The highest BCUT2D eigenvalue weighted by Gasteiger charge is 2.08. The molecular formula is C19H21FN2. The van der Waals surface area contributed by atoms with Crippen LogP contribution in [0.1, 0.15) is 18.1 Å². The number of likely N-dealkylation sites (N-methyl/N-ethyl adjacent to an activating group) is 1. The van der Waals surface area contributed by atoms with E-state index in [1.165, 1.54) is 17.2 Å². The molecule has 114 valence electrons. The quantitative estimate of drug-likeness (QED) is 0.715. The van der Waals surface area contributed by atoms with Crippen LogP contribution in [0.3, 0.4) is 0 Å². The van der Waals surface area contributed by atoms with Crippen LogP contribution in [-0.2, 0) is 13.0 Å². The number of hydrogen-bond acceptors (Lipinski definition) is 1. The van der Waals surface area contributed by atoms with Gasteiger partial charge in [-0.3, -0.25) is 4.90 Å². The number of halogens is 1. The van der Waals surface area contributed by atoms with E-state index in [1.807, 2.05) is 12.3 Å². The molecule has 0 fully saturated rings. The topological polar surface area (TPSA) is 19.0 Å². The Bertz CT molecular complexity index is 734. The second kappa shape index (κ2) is 6.75. The molecule has 0 spiro atoms. The van der Waals surface area contributed by atoms with Crippen molar-refractivity contribution in [2.75, 3.05) is 13.1 Å². The minimum absolute atomic E-state index is 0.176. The lowest BCUT2D eigenvalue weighted by atomic mass is 10.1. The second-order valence-corrected chi connectivity index (χ2v) is 5.61. The largest absolute Gasteiger partial charge is 0.361 e. The number of benzene rings is 2. The molecule has 2 nitrogen and oxygen atoms in total. The summed E-state index contributed by atoms with van der Waals surface area (Å²) in [5, 5.41) is 0.996. The molecule has 1 N–H and O–H groups in total. The summed E-state index contributed by atoms with van der Waals surface area (Å²) < 4.78 is 13.4. The summed E-state index contributed by atoms with van der Waals surface area (Å²) >= 11 is 0. The summed E-state index contributed by atoms with van der Waals surface area (Å²) in [4.78, 5) is 5.63. The van der Waals surface area contributed by atoms with Crippen LogP contribution >= 0.6 is 0 Å². The molecule has 0 saturated carbocycles. The van der Waals surface area contributed by atoms with Crippen LogP contribution in [0.4, 0.5) is 4.39 Å². The second-order valence-electron chi connectivity index (χ2n) is 5.61. The van der Waals surface area contributed by atoms with Gasteiger partial charge in [-0.2, -0.15) is 0 Å². The highest BCUT2D eigenvalue weighted by Crippen LogP contribution is 2.20. The number of hydrogen-bond donors (Lipinski definition) is 1. The van der Waals surface area contributed by atoms with Crippen LogP contribution in [0.2, 0.25) is 0 Å². The minimum atomic E-state index is -0.176. The molecule has 0 amide bonds. The van der Waals surface area contributed by atoms with Gasteiger partial charge < -0.3 is 4.98 Å². The smallest absolute Gasteiger partial charge is 0.123 e. The maximum absolute atomic E-state index is 13.4. The van der Waals surface area contributed by atoms with Crippen molar-refractivity contribution in [1.82, 2.24) is 9.88 Å². The molecule has 2 aromatic carbocycles. The van der Waals surface area contributed by atoms with Crippen LogP contribution < -0.4 is 0 Å². The fraction of sp³-hybridized carbons (Fsp3) is 0.263. The molecule has 3 rings (SSSR count). The highest BCUT2D eigenvalue weighted by atomic mass is 19.1. The van der Waals surface area contributed by atoms with Gasteiger partial charge in [-0.15, -0.1) is 0 Å². The van der Waals surface area contributed by atoms with Crippen molar-refractivity contribution in [2.45, 2.75) is 19.9 Å². The van der Waals surface area contributed by atoms with Gasteiger partial charge in [-0.1, -0.05) is 37.3 Å². The summed E-state index contributed by atoms with van der Waals surface area (Å²) in [7, 11) is 0. The molecule has 0 bridgehead atoms. The summed E-state index contributed by atoms with van der Waals surface area (Å²) in [5.41, 5.74) is 3.51. The fourth-order valence-corrected chi connectivity index (χ4v) is 2.83. The van der Waals surface area contributed by atoms with Gasteiger partial charge >= 0.3 is 0 Å². The van der Waals surface area contributed by atoms with Gasteiger partial charge in [0.2, 0.25) is 0 Å². The van der Waals surface area contributed by atoms with Crippen LogP contribution in [0.15, 0.2) is 54.7 Å². The van der Waals surface area contributed by atoms with Crippen molar-refractivity contribution >= 4 is 10.9 Å². The summed E-state index contributed by atoms with van der Waals surface area (Å²) in [5.74, 6) is -0.176. The number of fused-ring (bicyclic) bond motifs is 1. The van der Waals surface area contributed by atoms with Crippen molar-refractivity contribution in [3.63, 3.8) is 0 Å². The Labute approximate surface area is 130 Å². The molecular weight excluding hydrogens is 275 g/mol. The SMILES string of the molecule is CCN(CCc1c[nH]c2ccc(F)cc12)Cc1ccccc1. The van der Waals surface area contributed by atoms with E-state index >= 15 is 0 Å². The van der Waals surface area contributed by atoms with Crippen LogP contribution in [-0.4, -0.2) is 23.0 Å². The zero-order valence-corrected chi connectivity index (χ0v) is 12.8. The molecule has 3 aromatic rings. The molecule has 0 aliphatic heterocycles. The number of nitrogens with zero attached hydrogens (tertiary/aromatic N) is 1. The average Bonchev–Trinajstić information content (AvgIpc) is 2.94. The van der Waals surface area contributed by atoms with Crippen molar-refractivity contribution in [1.29, 1.82) is 0 Å². The number of rotatable bonds is 6. The molecule has 0 unspecified atom stereocenters. The Morgan fingerprint density at radius 2 is 1.91 bits per heavy atom. The zero-order chi connectivity index (χ0) is 15.4. The van der Waals surface area contributed by atoms with Crippen molar-refractivity contribution in [2.24, 2.45) is 0 Å². The molecule has 0 radical (unpaired) electrons. The van der Waals surface area contributed by atoms with E-state index in [9.17, 15) is 4.39 Å². The molecule has 1 heterocycles. The molecule has 0 atom stereocenters. The number of nitrogens with one attached hydrogen (secondary N) is 1. The normalized spacial score (nSPS) is 11.4. The Morgan fingerprint density at radius 1 is 1.09 bits per heavy atom. The third kappa shape index (κ3) is 3.37. The first-order chi connectivity index (χ1) is 10.8. The number of H-pyrrole nitrogens is 1. The molecule has 0 saturated heterocycles. The summed E-state index contributed by atoms with van der Waals surface area (Å²) in [6.45, 7) is 5.10. The van der Waals surface area contributed by atoms with Crippen molar-refractivity contribution < 1.29 is 4.39 Å². The first-order valence-corrected chi connectivity index (χ1v) is 7.78. The van der Waals surface area contributed by atoms with E-state index in [4.69, 9.17) is 0 Å². The molecule has 22 heavy (non-hydrogen) atoms. The standard InChI is InChI=1S/C19H21FN2/c1-2-22(14-15-6-4-3-5-7-15)11-10-16-13-21-19-9-8-17(20)12-18(16)19/h3-9,12-13,21H,2,10-11,14H2,1H3. The zero-order valence-electron chi connectivity index (χ0n) is 12.8. The lowest BCUT2D eigenvalue weighted by Crippen LogP contribution is -2.25. The van der Waals surface area contributed by atoms with Crippen molar-refractivity contribution in [3.8, 4) is 0 Å². The Balaban J connectivity index is 1.68. The first kappa shape index (κ1) is 14.8. The van der Waals surface area contributed by atoms with E-state index < -0.39 is 0 Å². The summed E-state index contributed by atoms with van der Waals surface area (Å²) in [6.07, 6.45) is 2.92. The third-order valence-corrected chi connectivity index (χ3v) is 4.12. The minimum Gasteiger partial charge on any atom is -0.361 e. The fourth-order valence-electron chi connectivity index (χ4n) is 2.83. The Kier molecular flexibility index (Phi) is 4.54. The van der Waals surface area contributed by atoms with Gasteiger partial charge in [0.25, 0.3) is 0 Å². The molecule has 1 aromatic heterocycles.